The van der Waals surface area contributed by atoms with Gasteiger partial charge in [-0.15, -0.1) is 0 Å². The van der Waals surface area contributed by atoms with Crippen molar-refractivity contribution in [2.24, 2.45) is 5.92 Å². The molecule has 0 spiro atoms. The number of carboxylic acid groups (broad SMARTS) is 1. The minimum absolute atomic E-state index is 0.287. The highest BCUT2D eigenvalue weighted by atomic mass is 19.1. The number of benzene rings is 1. The quantitative estimate of drug-likeness (QED) is 0.849. The Morgan fingerprint density at radius 3 is 2.28 bits per heavy atom. The summed E-state index contributed by atoms with van der Waals surface area (Å²) in [5.74, 6) is -0.535. The zero-order valence-electron chi connectivity index (χ0n) is 10.7. The maximum atomic E-state index is 12.8. The predicted molar refractivity (Wildman–Crippen MR) is 64.9 cm³/mol. The summed E-state index contributed by atoms with van der Waals surface area (Å²) in [5, 5.41) is 8.89. The highest BCUT2D eigenvalue weighted by Crippen LogP contribution is 2.31. The van der Waals surface area contributed by atoms with Crippen LogP contribution in [0.25, 0.3) is 0 Å². The Balaban J connectivity index is 3.13. The Hall–Kier alpha value is -1.78. The Morgan fingerprint density at radius 1 is 1.28 bits per heavy atom. The van der Waals surface area contributed by atoms with Gasteiger partial charge in [-0.25, -0.2) is 4.39 Å². The monoisotopic (exact) mass is 256 g/mol. The van der Waals surface area contributed by atoms with E-state index in [9.17, 15) is 9.18 Å². The van der Waals surface area contributed by atoms with E-state index in [1.807, 2.05) is 0 Å². The SMILES string of the molecule is COc1cc(OC)c(CC(C)C(=O)O)cc1CF. The number of hydrogen-bond acceptors (Lipinski definition) is 3. The largest absolute Gasteiger partial charge is 0.496 e. The molecule has 0 radical (unpaired) electrons. The van der Waals surface area contributed by atoms with E-state index in [1.165, 1.54) is 14.2 Å². The molecule has 5 heteroatoms. The molecular weight excluding hydrogens is 239 g/mol. The van der Waals surface area contributed by atoms with Gasteiger partial charge in [0.2, 0.25) is 0 Å². The fraction of sp³-hybridized carbons (Fsp3) is 0.462. The van der Waals surface area contributed by atoms with Gasteiger partial charge in [0, 0.05) is 11.6 Å². The Labute approximate surface area is 105 Å². The second-order valence-electron chi connectivity index (χ2n) is 4.05. The number of aliphatic carboxylic acids is 1. The lowest BCUT2D eigenvalue weighted by atomic mass is 9.98. The van der Waals surface area contributed by atoms with Gasteiger partial charge in [-0.2, -0.15) is 0 Å². The van der Waals surface area contributed by atoms with Crippen LogP contribution in [0.15, 0.2) is 12.1 Å². The van der Waals surface area contributed by atoms with Gasteiger partial charge in [0.05, 0.1) is 20.1 Å². The standard InChI is InChI=1S/C13H17FO4/c1-8(13(15)16)4-9-5-10(7-14)12(18-3)6-11(9)17-2/h5-6,8H,4,7H2,1-3H3,(H,15,16). The Bertz CT molecular complexity index is 431. The van der Waals surface area contributed by atoms with Gasteiger partial charge in [-0.1, -0.05) is 6.92 Å². The summed E-state index contributed by atoms with van der Waals surface area (Å²) in [6.07, 6.45) is 0.287. The zero-order chi connectivity index (χ0) is 13.7. The van der Waals surface area contributed by atoms with Gasteiger partial charge >= 0.3 is 5.97 Å². The molecule has 0 bridgehead atoms. The molecule has 0 aliphatic carbocycles. The van der Waals surface area contributed by atoms with E-state index >= 15 is 0 Å². The molecule has 0 aliphatic heterocycles. The molecule has 1 N–H and O–H groups in total. The van der Waals surface area contributed by atoms with Crippen molar-refractivity contribution in [1.29, 1.82) is 0 Å². The first-order valence-corrected chi connectivity index (χ1v) is 5.56. The zero-order valence-corrected chi connectivity index (χ0v) is 10.7. The maximum Gasteiger partial charge on any atom is 0.306 e. The number of alkyl halides is 1. The van der Waals surface area contributed by atoms with Crippen molar-refractivity contribution in [3.63, 3.8) is 0 Å². The fourth-order valence-electron chi connectivity index (χ4n) is 1.72. The predicted octanol–water partition coefficient (Wildman–Crippen LogP) is 2.44. The van der Waals surface area contributed by atoms with Crippen LogP contribution in [0.2, 0.25) is 0 Å². The van der Waals surface area contributed by atoms with Gasteiger partial charge in [-0.3, -0.25) is 4.79 Å². The lowest BCUT2D eigenvalue weighted by Crippen LogP contribution is -2.13. The van der Waals surface area contributed by atoms with Crippen molar-refractivity contribution in [3.8, 4) is 11.5 Å². The van der Waals surface area contributed by atoms with Gasteiger partial charge in [0.1, 0.15) is 18.2 Å². The van der Waals surface area contributed by atoms with E-state index in [2.05, 4.69) is 0 Å². The van der Waals surface area contributed by atoms with Crippen LogP contribution in [0.5, 0.6) is 11.5 Å². The average molecular weight is 256 g/mol. The summed E-state index contributed by atoms with van der Waals surface area (Å²) in [5.41, 5.74) is 1.06. The molecule has 1 aromatic carbocycles. The summed E-state index contributed by atoms with van der Waals surface area (Å²) >= 11 is 0. The van der Waals surface area contributed by atoms with Gasteiger partial charge in [-0.05, 0) is 18.1 Å². The molecule has 100 valence electrons. The number of halogens is 1. The normalized spacial score (nSPS) is 12.0. The number of carbonyl (C=O) groups is 1. The van der Waals surface area contributed by atoms with E-state index in [1.54, 1.807) is 19.1 Å². The van der Waals surface area contributed by atoms with Crippen LogP contribution in [-0.2, 0) is 17.9 Å². The van der Waals surface area contributed by atoms with Gasteiger partial charge in [0.15, 0.2) is 0 Å². The molecule has 0 amide bonds. The number of rotatable bonds is 6. The average Bonchev–Trinajstić information content (AvgIpc) is 2.37. The topological polar surface area (TPSA) is 55.8 Å². The smallest absolute Gasteiger partial charge is 0.306 e. The molecule has 0 aromatic heterocycles. The minimum atomic E-state index is -0.894. The first-order valence-electron chi connectivity index (χ1n) is 5.56. The van der Waals surface area contributed by atoms with Gasteiger partial charge < -0.3 is 14.6 Å². The van der Waals surface area contributed by atoms with Crippen LogP contribution in [0.1, 0.15) is 18.1 Å². The fourth-order valence-corrected chi connectivity index (χ4v) is 1.72. The third-order valence-corrected chi connectivity index (χ3v) is 2.78. The number of ether oxygens (including phenoxy) is 2. The van der Waals surface area contributed by atoms with E-state index < -0.39 is 18.6 Å². The molecule has 1 unspecified atom stereocenters. The molecule has 0 aliphatic rings. The number of hydrogen-bond donors (Lipinski definition) is 1. The molecule has 1 aromatic rings. The second-order valence-corrected chi connectivity index (χ2v) is 4.05. The van der Waals surface area contributed by atoms with Crippen LogP contribution < -0.4 is 9.47 Å². The third-order valence-electron chi connectivity index (χ3n) is 2.78. The molecule has 0 fully saturated rings. The van der Waals surface area contributed by atoms with Crippen LogP contribution in [-0.4, -0.2) is 25.3 Å². The third kappa shape index (κ3) is 3.12. The van der Waals surface area contributed by atoms with E-state index in [0.29, 0.717) is 22.6 Å². The summed E-state index contributed by atoms with van der Waals surface area (Å²) in [6, 6.07) is 3.18. The molecular formula is C13H17FO4. The van der Waals surface area contributed by atoms with Crippen LogP contribution in [0.4, 0.5) is 4.39 Å². The molecule has 0 saturated heterocycles. The summed E-state index contributed by atoms with van der Waals surface area (Å²) < 4.78 is 23.1. The lowest BCUT2D eigenvalue weighted by Gasteiger charge is -2.15. The van der Waals surface area contributed by atoms with Crippen molar-refractivity contribution in [1.82, 2.24) is 0 Å². The van der Waals surface area contributed by atoms with E-state index in [4.69, 9.17) is 14.6 Å². The van der Waals surface area contributed by atoms with Crippen molar-refractivity contribution in [3.05, 3.63) is 23.3 Å². The first-order chi connectivity index (χ1) is 8.53. The number of carboxylic acids is 1. The maximum absolute atomic E-state index is 12.8. The molecule has 0 saturated carbocycles. The van der Waals surface area contributed by atoms with Crippen LogP contribution in [0.3, 0.4) is 0 Å². The molecule has 4 nitrogen and oxygen atoms in total. The Kier molecular flexibility index (Phi) is 4.95. The lowest BCUT2D eigenvalue weighted by molar-refractivity contribution is -0.141. The highest BCUT2D eigenvalue weighted by molar-refractivity contribution is 5.70. The van der Waals surface area contributed by atoms with Crippen molar-refractivity contribution < 1.29 is 23.8 Å². The molecule has 0 heterocycles. The van der Waals surface area contributed by atoms with Crippen molar-refractivity contribution in [2.45, 2.75) is 20.0 Å². The van der Waals surface area contributed by atoms with E-state index in [0.717, 1.165) is 0 Å². The summed E-state index contributed by atoms with van der Waals surface area (Å²) in [6.45, 7) is 0.933. The number of methoxy groups -OCH3 is 2. The van der Waals surface area contributed by atoms with Crippen LogP contribution in [0, 0.1) is 5.92 Å². The first kappa shape index (κ1) is 14.3. The van der Waals surface area contributed by atoms with Crippen molar-refractivity contribution >= 4 is 5.97 Å². The highest BCUT2D eigenvalue weighted by Gasteiger charge is 2.17. The Morgan fingerprint density at radius 2 is 1.83 bits per heavy atom. The molecule has 18 heavy (non-hydrogen) atoms. The van der Waals surface area contributed by atoms with Gasteiger partial charge in [0.25, 0.3) is 0 Å². The minimum Gasteiger partial charge on any atom is -0.496 e. The second kappa shape index (κ2) is 6.23. The summed E-state index contributed by atoms with van der Waals surface area (Å²) in [7, 11) is 2.94. The molecule has 1 rings (SSSR count). The van der Waals surface area contributed by atoms with Crippen LogP contribution >= 0.6 is 0 Å². The molecule has 1 atom stereocenters. The van der Waals surface area contributed by atoms with E-state index in [-0.39, 0.29) is 6.42 Å². The summed E-state index contributed by atoms with van der Waals surface area (Å²) in [4.78, 5) is 10.8. The van der Waals surface area contributed by atoms with Crippen molar-refractivity contribution in [2.75, 3.05) is 14.2 Å².